The first-order valence-electron chi connectivity index (χ1n) is 4.96. The van der Waals surface area contributed by atoms with Crippen LogP contribution in [0.15, 0.2) is 24.3 Å². The molecule has 0 saturated carbocycles. The summed E-state index contributed by atoms with van der Waals surface area (Å²) in [4.78, 5) is 0. The summed E-state index contributed by atoms with van der Waals surface area (Å²) in [6.07, 6.45) is 1.08. The fourth-order valence-electron chi connectivity index (χ4n) is 1.38. The zero-order valence-corrected chi connectivity index (χ0v) is 9.06. The first-order chi connectivity index (χ1) is 7.43. The monoisotopic (exact) mass is 229 g/mol. The van der Waals surface area contributed by atoms with Gasteiger partial charge in [-0.25, -0.2) is 13.2 Å². The number of nitrogens with two attached hydrogens (primary N) is 1. The molecule has 0 amide bonds. The summed E-state index contributed by atoms with van der Waals surface area (Å²) in [6.45, 7) is 5.52. The van der Waals surface area contributed by atoms with E-state index in [2.05, 4.69) is 6.58 Å². The minimum Gasteiger partial charge on any atom is -0.324 e. The minimum atomic E-state index is -1.47. The molecule has 16 heavy (non-hydrogen) atoms. The van der Waals surface area contributed by atoms with Crippen LogP contribution in [0.2, 0.25) is 0 Å². The predicted octanol–water partition coefficient (Wildman–Crippen LogP) is 3.46. The Kier molecular flexibility index (Phi) is 4.12. The van der Waals surface area contributed by atoms with Crippen LogP contribution in [0.25, 0.3) is 0 Å². The summed E-state index contributed by atoms with van der Waals surface area (Å²) in [7, 11) is 0. The Morgan fingerprint density at radius 2 is 1.94 bits per heavy atom. The van der Waals surface area contributed by atoms with Crippen LogP contribution < -0.4 is 5.73 Å². The van der Waals surface area contributed by atoms with Gasteiger partial charge in [0.2, 0.25) is 0 Å². The van der Waals surface area contributed by atoms with E-state index in [0.29, 0.717) is 12.8 Å². The van der Waals surface area contributed by atoms with Crippen molar-refractivity contribution in [3.8, 4) is 0 Å². The molecule has 1 atom stereocenters. The summed E-state index contributed by atoms with van der Waals surface area (Å²) >= 11 is 0. The topological polar surface area (TPSA) is 26.0 Å². The third-order valence-electron chi connectivity index (χ3n) is 2.35. The number of hydrogen-bond donors (Lipinski definition) is 1. The van der Waals surface area contributed by atoms with Crippen LogP contribution in [0.5, 0.6) is 0 Å². The first kappa shape index (κ1) is 12.8. The van der Waals surface area contributed by atoms with E-state index in [-0.39, 0.29) is 5.56 Å². The molecule has 0 heterocycles. The molecule has 0 bridgehead atoms. The molecule has 88 valence electrons. The molecule has 0 aliphatic rings. The number of benzene rings is 1. The van der Waals surface area contributed by atoms with Crippen LogP contribution >= 0.6 is 0 Å². The Morgan fingerprint density at radius 3 is 2.50 bits per heavy atom. The lowest BCUT2D eigenvalue weighted by atomic mass is 10.00. The fraction of sp³-hybridized carbons (Fsp3) is 0.333. The molecule has 1 nitrogen and oxygen atoms in total. The maximum Gasteiger partial charge on any atom is 0.194 e. The average Bonchev–Trinajstić information content (AvgIpc) is 2.23. The van der Waals surface area contributed by atoms with Gasteiger partial charge in [-0.2, -0.15) is 0 Å². The standard InChI is InChI=1S/C12H14F3N/c1-7(2)3-6-10(16)8-4-5-9(13)12(15)11(8)14/h4-5,10H,1,3,6,16H2,2H3. The van der Waals surface area contributed by atoms with Crippen molar-refractivity contribution in [2.24, 2.45) is 5.73 Å². The molecular weight excluding hydrogens is 215 g/mol. The molecule has 0 aromatic heterocycles. The van der Waals surface area contributed by atoms with E-state index in [1.165, 1.54) is 6.07 Å². The SMILES string of the molecule is C=C(C)CCC(N)c1ccc(F)c(F)c1F. The highest BCUT2D eigenvalue weighted by Gasteiger charge is 2.17. The molecule has 4 heteroatoms. The van der Waals surface area contributed by atoms with Crippen LogP contribution in [0.4, 0.5) is 13.2 Å². The summed E-state index contributed by atoms with van der Waals surface area (Å²) in [5.41, 5.74) is 6.61. The quantitative estimate of drug-likeness (QED) is 0.621. The van der Waals surface area contributed by atoms with Gasteiger partial charge in [0.05, 0.1) is 0 Å². The normalized spacial score (nSPS) is 12.6. The van der Waals surface area contributed by atoms with E-state index in [1.54, 1.807) is 0 Å². The molecule has 0 aliphatic heterocycles. The van der Waals surface area contributed by atoms with E-state index < -0.39 is 23.5 Å². The third kappa shape index (κ3) is 2.85. The molecule has 1 aromatic carbocycles. The number of halogens is 3. The van der Waals surface area contributed by atoms with E-state index in [0.717, 1.165) is 11.6 Å². The second-order valence-corrected chi connectivity index (χ2v) is 3.87. The van der Waals surface area contributed by atoms with Gasteiger partial charge in [0.25, 0.3) is 0 Å². The van der Waals surface area contributed by atoms with Crippen molar-refractivity contribution in [3.05, 3.63) is 47.3 Å². The lowest BCUT2D eigenvalue weighted by Gasteiger charge is -2.13. The molecular formula is C12H14F3N. The van der Waals surface area contributed by atoms with Crippen LogP contribution in [0.1, 0.15) is 31.4 Å². The molecule has 1 rings (SSSR count). The molecule has 1 unspecified atom stereocenters. The third-order valence-corrected chi connectivity index (χ3v) is 2.35. The van der Waals surface area contributed by atoms with Gasteiger partial charge in [0, 0.05) is 11.6 Å². The number of allylic oxidation sites excluding steroid dienone is 1. The zero-order valence-electron chi connectivity index (χ0n) is 9.06. The predicted molar refractivity (Wildman–Crippen MR) is 57.3 cm³/mol. The smallest absolute Gasteiger partial charge is 0.194 e. The summed E-state index contributed by atoms with van der Waals surface area (Å²) in [5.74, 6) is -3.87. The van der Waals surface area contributed by atoms with Crippen molar-refractivity contribution in [1.82, 2.24) is 0 Å². The Labute approximate surface area is 92.8 Å². The Hall–Kier alpha value is -1.29. The molecule has 0 fully saturated rings. The van der Waals surface area contributed by atoms with Crippen molar-refractivity contribution in [2.75, 3.05) is 0 Å². The zero-order chi connectivity index (χ0) is 12.3. The van der Waals surface area contributed by atoms with Gasteiger partial charge in [-0.1, -0.05) is 11.6 Å². The maximum absolute atomic E-state index is 13.3. The van der Waals surface area contributed by atoms with Gasteiger partial charge in [0.15, 0.2) is 17.5 Å². The summed E-state index contributed by atoms with van der Waals surface area (Å²) in [5, 5.41) is 0. The maximum atomic E-state index is 13.3. The van der Waals surface area contributed by atoms with Crippen molar-refractivity contribution in [3.63, 3.8) is 0 Å². The van der Waals surface area contributed by atoms with Crippen molar-refractivity contribution in [2.45, 2.75) is 25.8 Å². The number of hydrogen-bond acceptors (Lipinski definition) is 1. The van der Waals surface area contributed by atoms with Gasteiger partial charge in [-0.15, -0.1) is 6.58 Å². The molecule has 1 aromatic rings. The van der Waals surface area contributed by atoms with Gasteiger partial charge >= 0.3 is 0 Å². The Morgan fingerprint density at radius 1 is 1.31 bits per heavy atom. The largest absolute Gasteiger partial charge is 0.324 e. The van der Waals surface area contributed by atoms with E-state index in [9.17, 15) is 13.2 Å². The second-order valence-electron chi connectivity index (χ2n) is 3.87. The van der Waals surface area contributed by atoms with E-state index >= 15 is 0 Å². The van der Waals surface area contributed by atoms with Gasteiger partial charge in [-0.05, 0) is 25.8 Å². The second kappa shape index (κ2) is 5.16. The highest BCUT2D eigenvalue weighted by Crippen LogP contribution is 2.23. The highest BCUT2D eigenvalue weighted by atomic mass is 19.2. The molecule has 0 spiro atoms. The van der Waals surface area contributed by atoms with E-state index in [4.69, 9.17) is 5.73 Å². The molecule has 0 saturated heterocycles. The lowest BCUT2D eigenvalue weighted by Crippen LogP contribution is -2.13. The van der Waals surface area contributed by atoms with Crippen molar-refractivity contribution in [1.29, 1.82) is 0 Å². The van der Waals surface area contributed by atoms with Gasteiger partial charge < -0.3 is 5.73 Å². The van der Waals surface area contributed by atoms with Crippen molar-refractivity contribution < 1.29 is 13.2 Å². The minimum absolute atomic E-state index is 0.000139. The van der Waals surface area contributed by atoms with Crippen molar-refractivity contribution >= 4 is 0 Å². The Bertz CT molecular complexity index is 401. The average molecular weight is 229 g/mol. The van der Waals surface area contributed by atoms with Crippen LogP contribution in [0.3, 0.4) is 0 Å². The molecule has 0 aliphatic carbocycles. The summed E-state index contributed by atoms with van der Waals surface area (Å²) in [6, 6.07) is 1.41. The van der Waals surface area contributed by atoms with E-state index in [1.807, 2.05) is 6.92 Å². The Balaban J connectivity index is 2.87. The van der Waals surface area contributed by atoms with Gasteiger partial charge in [0.1, 0.15) is 0 Å². The van der Waals surface area contributed by atoms with Crippen LogP contribution in [-0.2, 0) is 0 Å². The summed E-state index contributed by atoms with van der Waals surface area (Å²) < 4.78 is 38.9. The first-order valence-corrected chi connectivity index (χ1v) is 4.96. The van der Waals surface area contributed by atoms with Crippen LogP contribution in [0, 0.1) is 17.5 Å². The fourth-order valence-corrected chi connectivity index (χ4v) is 1.38. The van der Waals surface area contributed by atoms with Crippen LogP contribution in [-0.4, -0.2) is 0 Å². The molecule has 2 N–H and O–H groups in total. The number of rotatable bonds is 4. The lowest BCUT2D eigenvalue weighted by molar-refractivity contribution is 0.433. The van der Waals surface area contributed by atoms with Gasteiger partial charge in [-0.3, -0.25) is 0 Å². The molecule has 0 radical (unpaired) electrons. The highest BCUT2D eigenvalue weighted by molar-refractivity contribution is 5.23.